The molecule has 1 aliphatic carbocycles. The number of hydrogen-bond donors (Lipinski definition) is 1. The zero-order chi connectivity index (χ0) is 14.9. The van der Waals surface area contributed by atoms with Gasteiger partial charge in [-0.15, -0.1) is 0 Å². The van der Waals surface area contributed by atoms with Crippen molar-refractivity contribution >= 4 is 21.4 Å². The molecule has 0 radical (unpaired) electrons. The zero-order valence-electron chi connectivity index (χ0n) is 12.2. The molecule has 1 heterocycles. The van der Waals surface area contributed by atoms with Crippen LogP contribution in [0.4, 0.5) is 11.4 Å². The van der Waals surface area contributed by atoms with Crippen LogP contribution >= 0.6 is 0 Å². The first-order valence-electron chi connectivity index (χ1n) is 7.67. The van der Waals surface area contributed by atoms with Gasteiger partial charge in [-0.2, -0.15) is 4.31 Å². The molecule has 1 aliphatic heterocycles. The van der Waals surface area contributed by atoms with E-state index in [1.165, 1.54) is 0 Å². The fraction of sp³-hybridized carbons (Fsp3) is 0.600. The first kappa shape index (κ1) is 14.7. The largest absolute Gasteiger partial charge is 0.399 e. The van der Waals surface area contributed by atoms with E-state index in [4.69, 9.17) is 5.73 Å². The second-order valence-electron chi connectivity index (χ2n) is 5.93. The maximum Gasteiger partial charge on any atom is 0.217 e. The minimum atomic E-state index is -3.09. The number of hydrogen-bond acceptors (Lipinski definition) is 4. The molecule has 1 aromatic carbocycles. The standard InChI is InChI=1S/C15H23N3O2S/c16-13-4-3-5-14(12-13)17-8-10-18(11-9-17)21(19,20)15-6-1-2-7-15/h3-5,12,15H,1-2,6-11,16H2. The highest BCUT2D eigenvalue weighted by Crippen LogP contribution is 2.28. The van der Waals surface area contributed by atoms with E-state index < -0.39 is 10.0 Å². The van der Waals surface area contributed by atoms with Gasteiger partial charge >= 0.3 is 0 Å². The van der Waals surface area contributed by atoms with Crippen LogP contribution in [0.5, 0.6) is 0 Å². The second kappa shape index (κ2) is 5.85. The summed E-state index contributed by atoms with van der Waals surface area (Å²) < 4.78 is 26.8. The third-order valence-electron chi connectivity index (χ3n) is 4.56. The molecule has 21 heavy (non-hydrogen) atoms. The fourth-order valence-corrected chi connectivity index (χ4v) is 5.34. The lowest BCUT2D eigenvalue weighted by Gasteiger charge is -2.36. The van der Waals surface area contributed by atoms with Crippen LogP contribution in [0, 0.1) is 0 Å². The average Bonchev–Trinajstić information content (AvgIpc) is 3.02. The number of benzene rings is 1. The molecule has 6 heteroatoms. The van der Waals surface area contributed by atoms with E-state index in [0.29, 0.717) is 13.1 Å². The van der Waals surface area contributed by atoms with Gasteiger partial charge in [0.2, 0.25) is 10.0 Å². The van der Waals surface area contributed by atoms with E-state index in [2.05, 4.69) is 4.90 Å². The van der Waals surface area contributed by atoms with Crippen LogP contribution in [-0.2, 0) is 10.0 Å². The van der Waals surface area contributed by atoms with Crippen LogP contribution in [0.1, 0.15) is 25.7 Å². The Kier molecular flexibility index (Phi) is 4.08. The van der Waals surface area contributed by atoms with Crippen LogP contribution in [0.2, 0.25) is 0 Å². The average molecular weight is 309 g/mol. The Morgan fingerprint density at radius 1 is 1.05 bits per heavy atom. The molecule has 1 aromatic rings. The summed E-state index contributed by atoms with van der Waals surface area (Å²) in [5.41, 5.74) is 7.63. The van der Waals surface area contributed by atoms with Gasteiger partial charge in [-0.25, -0.2) is 8.42 Å². The van der Waals surface area contributed by atoms with Gasteiger partial charge in [-0.05, 0) is 31.0 Å². The predicted molar refractivity (Wildman–Crippen MR) is 85.8 cm³/mol. The van der Waals surface area contributed by atoms with Crippen molar-refractivity contribution in [1.82, 2.24) is 4.31 Å². The monoisotopic (exact) mass is 309 g/mol. The molecule has 0 atom stereocenters. The van der Waals surface area contributed by atoms with Crippen molar-refractivity contribution in [3.63, 3.8) is 0 Å². The minimum absolute atomic E-state index is 0.142. The quantitative estimate of drug-likeness (QED) is 0.862. The number of anilines is 2. The highest BCUT2D eigenvalue weighted by atomic mass is 32.2. The van der Waals surface area contributed by atoms with E-state index in [1.54, 1.807) is 4.31 Å². The van der Waals surface area contributed by atoms with Crippen LogP contribution in [0.25, 0.3) is 0 Å². The van der Waals surface area contributed by atoms with Crippen LogP contribution in [-0.4, -0.2) is 44.2 Å². The summed E-state index contributed by atoms with van der Waals surface area (Å²) >= 11 is 0. The van der Waals surface area contributed by atoms with E-state index in [9.17, 15) is 8.42 Å². The summed E-state index contributed by atoms with van der Waals surface area (Å²) in [4.78, 5) is 2.21. The fourth-order valence-electron chi connectivity index (χ4n) is 3.32. The molecule has 0 bridgehead atoms. The number of piperazine rings is 1. The first-order valence-corrected chi connectivity index (χ1v) is 9.17. The number of sulfonamides is 1. The van der Waals surface area contributed by atoms with Gasteiger partial charge in [0.25, 0.3) is 0 Å². The molecule has 116 valence electrons. The number of nitrogens with zero attached hydrogens (tertiary/aromatic N) is 2. The van der Waals surface area contributed by atoms with Gasteiger partial charge in [0, 0.05) is 37.6 Å². The first-order chi connectivity index (χ1) is 10.1. The Labute approximate surface area is 126 Å². The van der Waals surface area contributed by atoms with Gasteiger partial charge < -0.3 is 10.6 Å². The van der Waals surface area contributed by atoms with Crippen LogP contribution in [0.3, 0.4) is 0 Å². The number of nitrogen functional groups attached to an aromatic ring is 1. The molecular formula is C15H23N3O2S. The summed E-state index contributed by atoms with van der Waals surface area (Å²) in [6.07, 6.45) is 3.76. The van der Waals surface area contributed by atoms with Gasteiger partial charge in [0.05, 0.1) is 5.25 Å². The smallest absolute Gasteiger partial charge is 0.217 e. The summed E-state index contributed by atoms with van der Waals surface area (Å²) in [7, 11) is -3.09. The second-order valence-corrected chi connectivity index (χ2v) is 8.15. The highest BCUT2D eigenvalue weighted by Gasteiger charge is 2.35. The van der Waals surface area contributed by atoms with Crippen molar-refractivity contribution in [3.05, 3.63) is 24.3 Å². The topological polar surface area (TPSA) is 66.6 Å². The Morgan fingerprint density at radius 3 is 2.33 bits per heavy atom. The summed E-state index contributed by atoms with van der Waals surface area (Å²) in [5, 5.41) is -0.142. The molecule has 3 rings (SSSR count). The van der Waals surface area contributed by atoms with E-state index >= 15 is 0 Å². The molecule has 1 saturated heterocycles. The lowest BCUT2D eigenvalue weighted by atomic mass is 10.2. The summed E-state index contributed by atoms with van der Waals surface area (Å²) in [6, 6.07) is 7.77. The van der Waals surface area contributed by atoms with Gasteiger partial charge in [-0.3, -0.25) is 0 Å². The lowest BCUT2D eigenvalue weighted by molar-refractivity contribution is 0.378. The van der Waals surface area contributed by atoms with Crippen molar-refractivity contribution in [3.8, 4) is 0 Å². The SMILES string of the molecule is Nc1cccc(N2CCN(S(=O)(=O)C3CCCC3)CC2)c1. The van der Waals surface area contributed by atoms with Crippen molar-refractivity contribution < 1.29 is 8.42 Å². The van der Waals surface area contributed by atoms with E-state index in [-0.39, 0.29) is 5.25 Å². The molecule has 2 fully saturated rings. The van der Waals surface area contributed by atoms with Crippen LogP contribution in [0.15, 0.2) is 24.3 Å². The molecule has 5 nitrogen and oxygen atoms in total. The van der Waals surface area contributed by atoms with Crippen molar-refractivity contribution in [2.75, 3.05) is 36.8 Å². The summed E-state index contributed by atoms with van der Waals surface area (Å²) in [5.74, 6) is 0. The van der Waals surface area contributed by atoms with E-state index in [1.807, 2.05) is 24.3 Å². The van der Waals surface area contributed by atoms with Crippen molar-refractivity contribution in [2.45, 2.75) is 30.9 Å². The molecular weight excluding hydrogens is 286 g/mol. The van der Waals surface area contributed by atoms with Gasteiger partial charge in [0.1, 0.15) is 0 Å². The third kappa shape index (κ3) is 3.01. The Hall–Kier alpha value is -1.27. The maximum atomic E-state index is 12.6. The predicted octanol–water partition coefficient (Wildman–Crippen LogP) is 1.66. The maximum absolute atomic E-state index is 12.6. The Balaban J connectivity index is 1.65. The summed E-state index contributed by atoms with van der Waals surface area (Å²) in [6.45, 7) is 2.62. The lowest BCUT2D eigenvalue weighted by Crippen LogP contribution is -2.50. The molecule has 2 aliphatic rings. The van der Waals surface area contributed by atoms with Gasteiger partial charge in [0.15, 0.2) is 0 Å². The molecule has 1 saturated carbocycles. The van der Waals surface area contributed by atoms with Crippen molar-refractivity contribution in [1.29, 1.82) is 0 Å². The number of nitrogens with two attached hydrogens (primary N) is 1. The normalized spacial score (nSPS) is 21.8. The van der Waals surface area contributed by atoms with E-state index in [0.717, 1.165) is 50.1 Å². The Bertz CT molecular complexity index is 589. The zero-order valence-corrected chi connectivity index (χ0v) is 13.1. The Morgan fingerprint density at radius 2 is 1.71 bits per heavy atom. The molecule has 0 unspecified atom stereocenters. The minimum Gasteiger partial charge on any atom is -0.399 e. The van der Waals surface area contributed by atoms with Gasteiger partial charge in [-0.1, -0.05) is 18.9 Å². The van der Waals surface area contributed by atoms with Crippen LogP contribution < -0.4 is 10.6 Å². The number of rotatable bonds is 3. The molecule has 0 aromatic heterocycles. The molecule has 2 N–H and O–H groups in total. The molecule has 0 spiro atoms. The molecule has 0 amide bonds. The highest BCUT2D eigenvalue weighted by molar-refractivity contribution is 7.89. The third-order valence-corrected chi connectivity index (χ3v) is 6.96. The van der Waals surface area contributed by atoms with Crippen molar-refractivity contribution in [2.24, 2.45) is 0 Å².